The first kappa shape index (κ1) is 26.3. The Bertz CT molecular complexity index is 119. The Kier molecular flexibility index (Phi) is 32.0. The molecular formula is C17H41N. The quantitative estimate of drug-likeness (QED) is 0.584. The zero-order chi connectivity index (χ0) is 15.6. The van der Waals surface area contributed by atoms with E-state index < -0.39 is 0 Å². The van der Waals surface area contributed by atoms with Gasteiger partial charge < -0.3 is 5.32 Å². The molecule has 0 aliphatic rings. The predicted octanol–water partition coefficient (Wildman–Crippen LogP) is 5.91. The van der Waals surface area contributed by atoms with Crippen LogP contribution in [-0.4, -0.2) is 13.6 Å². The average Bonchev–Trinajstić information content (AvgIpc) is 2.36. The van der Waals surface area contributed by atoms with E-state index in [-0.39, 0.29) is 0 Å². The third-order valence-electron chi connectivity index (χ3n) is 2.34. The maximum Gasteiger partial charge on any atom is -0.0000387 e. The molecule has 0 amide bonds. The van der Waals surface area contributed by atoms with Gasteiger partial charge in [-0.25, -0.2) is 0 Å². The fourth-order valence-electron chi connectivity index (χ4n) is 2.09. The van der Waals surface area contributed by atoms with E-state index in [0.29, 0.717) is 5.41 Å². The summed E-state index contributed by atoms with van der Waals surface area (Å²) in [5.41, 5.74) is 0.462. The van der Waals surface area contributed by atoms with Crippen LogP contribution in [-0.2, 0) is 0 Å². The second-order valence-corrected chi connectivity index (χ2v) is 4.79. The summed E-state index contributed by atoms with van der Waals surface area (Å²) in [5.74, 6) is 0.873. The van der Waals surface area contributed by atoms with Crippen molar-refractivity contribution in [2.45, 2.75) is 74.7 Å². The molecule has 0 rings (SSSR count). The number of hydrogen-bond donors (Lipinski definition) is 1. The summed E-state index contributed by atoms with van der Waals surface area (Å²) >= 11 is 0. The zero-order valence-electron chi connectivity index (χ0n) is 14.8. The van der Waals surface area contributed by atoms with Crippen molar-refractivity contribution in [3.63, 3.8) is 0 Å². The fraction of sp³-hybridized carbons (Fsp3) is 0.882. The van der Waals surface area contributed by atoms with Gasteiger partial charge in [0.05, 0.1) is 0 Å². The minimum absolute atomic E-state index is 0.462. The van der Waals surface area contributed by atoms with E-state index in [9.17, 15) is 0 Å². The second-order valence-electron chi connectivity index (χ2n) is 4.79. The van der Waals surface area contributed by atoms with Crippen molar-refractivity contribution in [2.75, 3.05) is 13.6 Å². The zero-order valence-corrected chi connectivity index (χ0v) is 14.8. The standard InChI is InChI=1S/C11H25N.2C2H6.C2H4/c1-6-7-10(2)8-11(3,4)9-12-5;3*1-2/h10,12H,6-9H2,1-5H3;2*1-2H3;1-2H2. The lowest BCUT2D eigenvalue weighted by molar-refractivity contribution is 0.262. The summed E-state index contributed by atoms with van der Waals surface area (Å²) in [6.45, 7) is 24.4. The van der Waals surface area contributed by atoms with E-state index in [2.05, 4.69) is 46.2 Å². The molecule has 0 aliphatic heterocycles. The summed E-state index contributed by atoms with van der Waals surface area (Å²) in [6.07, 6.45) is 4.02. The minimum atomic E-state index is 0.462. The van der Waals surface area contributed by atoms with Gasteiger partial charge in [-0.2, -0.15) is 0 Å². The van der Waals surface area contributed by atoms with Gasteiger partial charge in [-0.3, -0.25) is 0 Å². The van der Waals surface area contributed by atoms with Crippen molar-refractivity contribution in [3.05, 3.63) is 13.2 Å². The fourth-order valence-corrected chi connectivity index (χ4v) is 2.09. The Morgan fingerprint density at radius 2 is 1.44 bits per heavy atom. The van der Waals surface area contributed by atoms with Crippen molar-refractivity contribution in [2.24, 2.45) is 11.3 Å². The molecule has 1 nitrogen and oxygen atoms in total. The predicted molar refractivity (Wildman–Crippen MR) is 90.3 cm³/mol. The van der Waals surface area contributed by atoms with Crippen LogP contribution in [0.4, 0.5) is 0 Å². The maximum absolute atomic E-state index is 3.26. The molecule has 0 spiro atoms. The van der Waals surface area contributed by atoms with Crippen LogP contribution in [0.1, 0.15) is 74.7 Å². The highest BCUT2D eigenvalue weighted by molar-refractivity contribution is 4.73. The van der Waals surface area contributed by atoms with Gasteiger partial charge in [0, 0.05) is 0 Å². The Hall–Kier alpha value is -0.300. The molecule has 0 fully saturated rings. The highest BCUT2D eigenvalue weighted by atomic mass is 14.8. The van der Waals surface area contributed by atoms with Gasteiger partial charge in [0.25, 0.3) is 0 Å². The first-order chi connectivity index (χ1) is 8.52. The summed E-state index contributed by atoms with van der Waals surface area (Å²) in [6, 6.07) is 0. The van der Waals surface area contributed by atoms with E-state index in [1.165, 1.54) is 19.3 Å². The molecule has 0 radical (unpaired) electrons. The molecular weight excluding hydrogens is 218 g/mol. The van der Waals surface area contributed by atoms with E-state index in [1.54, 1.807) is 0 Å². The van der Waals surface area contributed by atoms with E-state index >= 15 is 0 Å². The molecule has 1 atom stereocenters. The lowest BCUT2D eigenvalue weighted by atomic mass is 9.82. The van der Waals surface area contributed by atoms with Gasteiger partial charge in [0.2, 0.25) is 0 Å². The molecule has 0 saturated heterocycles. The largest absolute Gasteiger partial charge is 0.319 e. The van der Waals surface area contributed by atoms with Crippen LogP contribution in [0.25, 0.3) is 0 Å². The van der Waals surface area contributed by atoms with Crippen molar-refractivity contribution in [1.82, 2.24) is 5.32 Å². The molecule has 1 unspecified atom stereocenters. The highest BCUT2D eigenvalue weighted by Gasteiger charge is 2.19. The van der Waals surface area contributed by atoms with Crippen molar-refractivity contribution >= 4 is 0 Å². The maximum atomic E-state index is 3.26. The van der Waals surface area contributed by atoms with Crippen LogP contribution in [0.2, 0.25) is 0 Å². The third kappa shape index (κ3) is 24.8. The van der Waals surface area contributed by atoms with Crippen LogP contribution >= 0.6 is 0 Å². The second kappa shape index (κ2) is 21.9. The Labute approximate surface area is 118 Å². The molecule has 0 aliphatic carbocycles. The van der Waals surface area contributed by atoms with Crippen molar-refractivity contribution in [3.8, 4) is 0 Å². The van der Waals surface area contributed by atoms with Crippen LogP contribution in [0.3, 0.4) is 0 Å². The van der Waals surface area contributed by atoms with Crippen LogP contribution < -0.4 is 5.32 Å². The SMILES string of the molecule is C=C.CC.CC.CCCC(C)CC(C)(C)CNC. The van der Waals surface area contributed by atoms with Crippen molar-refractivity contribution in [1.29, 1.82) is 0 Å². The number of nitrogens with one attached hydrogen (secondary N) is 1. The summed E-state index contributed by atoms with van der Waals surface area (Å²) < 4.78 is 0. The smallest absolute Gasteiger partial charge is 0.0000387 e. The molecule has 1 heteroatoms. The Balaban J connectivity index is -0.000000141. The lowest BCUT2D eigenvalue weighted by Gasteiger charge is -2.27. The molecule has 114 valence electrons. The molecule has 0 aromatic carbocycles. The van der Waals surface area contributed by atoms with Gasteiger partial charge >= 0.3 is 0 Å². The van der Waals surface area contributed by atoms with Crippen molar-refractivity contribution < 1.29 is 0 Å². The van der Waals surface area contributed by atoms with Gasteiger partial charge in [0.15, 0.2) is 0 Å². The topological polar surface area (TPSA) is 12.0 Å². The van der Waals surface area contributed by atoms with Gasteiger partial charge in [-0.05, 0) is 31.3 Å². The Morgan fingerprint density at radius 1 is 1.06 bits per heavy atom. The number of hydrogen-bond acceptors (Lipinski definition) is 1. The van der Waals surface area contributed by atoms with E-state index in [4.69, 9.17) is 0 Å². The summed E-state index contributed by atoms with van der Waals surface area (Å²) in [7, 11) is 2.03. The molecule has 18 heavy (non-hydrogen) atoms. The summed E-state index contributed by atoms with van der Waals surface area (Å²) in [5, 5.41) is 3.26. The van der Waals surface area contributed by atoms with Gasteiger partial charge in [0.1, 0.15) is 0 Å². The average molecular weight is 260 g/mol. The van der Waals surface area contributed by atoms with E-state index in [0.717, 1.165) is 12.5 Å². The molecule has 0 aromatic rings. The van der Waals surface area contributed by atoms with Crippen LogP contribution in [0, 0.1) is 11.3 Å². The first-order valence-corrected chi connectivity index (χ1v) is 7.66. The van der Waals surface area contributed by atoms with Gasteiger partial charge in [-0.1, -0.05) is 68.2 Å². The normalized spacial score (nSPS) is 10.7. The van der Waals surface area contributed by atoms with Gasteiger partial charge in [-0.15, -0.1) is 13.2 Å². The number of rotatable bonds is 6. The molecule has 0 bridgehead atoms. The highest BCUT2D eigenvalue weighted by Crippen LogP contribution is 2.26. The molecule has 1 N–H and O–H groups in total. The molecule has 0 aromatic heterocycles. The molecule has 0 saturated carbocycles. The third-order valence-corrected chi connectivity index (χ3v) is 2.34. The minimum Gasteiger partial charge on any atom is -0.319 e. The van der Waals surface area contributed by atoms with E-state index in [1.807, 2.05) is 34.7 Å². The Morgan fingerprint density at radius 3 is 1.72 bits per heavy atom. The van der Waals surface area contributed by atoms with Crippen LogP contribution in [0.5, 0.6) is 0 Å². The van der Waals surface area contributed by atoms with Crippen LogP contribution in [0.15, 0.2) is 13.2 Å². The first-order valence-electron chi connectivity index (χ1n) is 7.66. The molecule has 0 heterocycles. The lowest BCUT2D eigenvalue weighted by Crippen LogP contribution is -2.28. The summed E-state index contributed by atoms with van der Waals surface area (Å²) in [4.78, 5) is 0. The monoisotopic (exact) mass is 259 g/mol.